The number of halogens is 3. The minimum absolute atomic E-state index is 0.122. The van der Waals surface area contributed by atoms with Crippen molar-refractivity contribution in [2.24, 2.45) is 0 Å². The Kier molecular flexibility index (Phi) is 8.33. The monoisotopic (exact) mass is 572 g/mol. The summed E-state index contributed by atoms with van der Waals surface area (Å²) in [6.45, 7) is 4.57. The first-order chi connectivity index (χ1) is 19.3. The number of benzene rings is 2. The van der Waals surface area contributed by atoms with E-state index in [0.717, 1.165) is 4.57 Å². The Bertz CT molecular complexity index is 1570. The third kappa shape index (κ3) is 6.32. The van der Waals surface area contributed by atoms with E-state index in [9.17, 15) is 23.3 Å². The number of methoxy groups -OCH3 is 1. The van der Waals surface area contributed by atoms with Gasteiger partial charge in [-0.3, -0.25) is 10.1 Å². The molecule has 41 heavy (non-hydrogen) atoms. The van der Waals surface area contributed by atoms with Crippen molar-refractivity contribution in [2.75, 3.05) is 51.6 Å². The van der Waals surface area contributed by atoms with Gasteiger partial charge in [0, 0.05) is 50.1 Å². The zero-order valence-electron chi connectivity index (χ0n) is 23.5. The number of nitro groups is 1. The number of aromatic nitrogens is 4. The van der Waals surface area contributed by atoms with Crippen molar-refractivity contribution in [2.45, 2.75) is 26.1 Å². The number of fused-ring (bicyclic) bond motifs is 1. The van der Waals surface area contributed by atoms with Crippen LogP contribution in [0.4, 0.5) is 36.2 Å². The largest absolute Gasteiger partial charge is 0.494 e. The Morgan fingerprint density at radius 1 is 1.10 bits per heavy atom. The van der Waals surface area contributed by atoms with Gasteiger partial charge in [-0.25, -0.2) is 15.0 Å². The number of nitrogens with one attached hydrogen (secondary N) is 1. The van der Waals surface area contributed by atoms with Crippen LogP contribution in [0, 0.1) is 10.1 Å². The van der Waals surface area contributed by atoms with Crippen LogP contribution in [0.2, 0.25) is 0 Å². The predicted octanol–water partition coefficient (Wildman–Crippen LogP) is 5.75. The first-order valence-electron chi connectivity index (χ1n) is 12.7. The third-order valence-electron chi connectivity index (χ3n) is 6.44. The Labute approximate surface area is 234 Å². The van der Waals surface area contributed by atoms with Gasteiger partial charge in [0.25, 0.3) is 5.69 Å². The van der Waals surface area contributed by atoms with Gasteiger partial charge in [0.2, 0.25) is 11.8 Å². The van der Waals surface area contributed by atoms with E-state index in [2.05, 4.69) is 20.3 Å². The molecule has 0 saturated heterocycles. The lowest BCUT2D eigenvalue weighted by Gasteiger charge is -2.22. The number of anilines is 3. The van der Waals surface area contributed by atoms with Crippen LogP contribution in [0.15, 0.2) is 42.6 Å². The molecule has 0 amide bonds. The highest BCUT2D eigenvalue weighted by Gasteiger charge is 2.38. The molecule has 14 heteroatoms. The van der Waals surface area contributed by atoms with E-state index in [-0.39, 0.29) is 22.8 Å². The van der Waals surface area contributed by atoms with Crippen LogP contribution in [0.5, 0.6) is 5.75 Å². The minimum atomic E-state index is -4.60. The molecule has 2 aromatic carbocycles. The molecule has 2 heterocycles. The number of ether oxygens (including phenoxy) is 1. The molecule has 0 aliphatic carbocycles. The van der Waals surface area contributed by atoms with Gasteiger partial charge in [0.15, 0.2) is 0 Å². The molecule has 11 nitrogen and oxygen atoms in total. The van der Waals surface area contributed by atoms with E-state index in [1.54, 1.807) is 50.1 Å². The molecule has 2 aromatic heterocycles. The second-order valence-electron chi connectivity index (χ2n) is 10.0. The van der Waals surface area contributed by atoms with Gasteiger partial charge in [-0.2, -0.15) is 13.2 Å². The molecule has 0 aliphatic heterocycles. The van der Waals surface area contributed by atoms with Crippen LogP contribution in [-0.4, -0.2) is 70.7 Å². The van der Waals surface area contributed by atoms with Crippen molar-refractivity contribution in [1.82, 2.24) is 24.4 Å². The van der Waals surface area contributed by atoms with Gasteiger partial charge in [0.05, 0.1) is 34.4 Å². The van der Waals surface area contributed by atoms with Crippen molar-refractivity contribution in [1.29, 1.82) is 0 Å². The van der Waals surface area contributed by atoms with E-state index in [4.69, 9.17) is 4.74 Å². The maximum atomic E-state index is 13.6. The molecule has 0 saturated carbocycles. The Hall–Kier alpha value is -4.46. The lowest BCUT2D eigenvalue weighted by atomic mass is 10.1. The molecular formula is C27H31F3N8O3. The molecule has 4 aromatic rings. The summed E-state index contributed by atoms with van der Waals surface area (Å²) in [6, 6.07) is 8.84. The molecule has 1 N–H and O–H groups in total. The fraction of sp³-hybridized carbons (Fsp3) is 0.370. The number of rotatable bonds is 10. The molecule has 0 unspecified atom stereocenters. The fourth-order valence-corrected chi connectivity index (χ4v) is 4.42. The van der Waals surface area contributed by atoms with Crippen LogP contribution < -0.4 is 15.0 Å². The van der Waals surface area contributed by atoms with Crippen molar-refractivity contribution in [3.05, 3.63) is 58.5 Å². The first-order valence-corrected chi connectivity index (χ1v) is 12.7. The van der Waals surface area contributed by atoms with Crippen LogP contribution in [-0.2, 0) is 6.18 Å². The molecule has 0 spiro atoms. The zero-order chi connectivity index (χ0) is 30.1. The highest BCUT2D eigenvalue weighted by atomic mass is 19.4. The summed E-state index contributed by atoms with van der Waals surface area (Å²) < 4.78 is 47.6. The van der Waals surface area contributed by atoms with Crippen LogP contribution in [0.3, 0.4) is 0 Å². The number of hydrogen-bond donors (Lipinski definition) is 1. The van der Waals surface area contributed by atoms with E-state index < -0.39 is 23.0 Å². The Morgan fingerprint density at radius 2 is 1.83 bits per heavy atom. The van der Waals surface area contributed by atoms with E-state index in [1.807, 2.05) is 19.0 Å². The fourth-order valence-electron chi connectivity index (χ4n) is 4.42. The lowest BCUT2D eigenvalue weighted by molar-refractivity contribution is -0.384. The maximum absolute atomic E-state index is 13.6. The van der Waals surface area contributed by atoms with Gasteiger partial charge >= 0.3 is 6.18 Å². The first kappa shape index (κ1) is 29.5. The third-order valence-corrected chi connectivity index (χ3v) is 6.44. The van der Waals surface area contributed by atoms with Crippen molar-refractivity contribution < 1.29 is 22.8 Å². The SMILES string of the molecule is COc1cc(N(C)CCN(C)C)c([N+](=O)[O-])cc1Nc1nccc(-c2ccc3nc(C(F)(F)F)n(C(C)C)c3c2)n1. The maximum Gasteiger partial charge on any atom is 0.449 e. The summed E-state index contributed by atoms with van der Waals surface area (Å²) in [4.78, 5) is 27.8. The van der Waals surface area contributed by atoms with E-state index in [1.165, 1.54) is 25.4 Å². The minimum Gasteiger partial charge on any atom is -0.494 e. The van der Waals surface area contributed by atoms with Crippen LogP contribution >= 0.6 is 0 Å². The Morgan fingerprint density at radius 3 is 2.44 bits per heavy atom. The number of likely N-dealkylation sites (N-methyl/N-ethyl adjacent to an activating group) is 2. The molecule has 0 aliphatic rings. The molecule has 0 fully saturated rings. The van der Waals surface area contributed by atoms with Gasteiger partial charge < -0.3 is 24.4 Å². The molecular weight excluding hydrogens is 541 g/mol. The summed E-state index contributed by atoms with van der Waals surface area (Å²) in [5, 5.41) is 14.9. The molecule has 0 atom stereocenters. The number of hydrogen-bond acceptors (Lipinski definition) is 9. The van der Waals surface area contributed by atoms with Crippen LogP contribution in [0.25, 0.3) is 22.3 Å². The summed E-state index contributed by atoms with van der Waals surface area (Å²) >= 11 is 0. The van der Waals surface area contributed by atoms with Gasteiger partial charge in [-0.15, -0.1) is 0 Å². The second kappa shape index (κ2) is 11.6. The zero-order valence-corrected chi connectivity index (χ0v) is 23.5. The smallest absolute Gasteiger partial charge is 0.449 e. The summed E-state index contributed by atoms with van der Waals surface area (Å²) in [5.74, 6) is -0.496. The number of imidazole rings is 1. The van der Waals surface area contributed by atoms with Gasteiger partial charge in [-0.05, 0) is 46.1 Å². The lowest BCUT2D eigenvalue weighted by Crippen LogP contribution is -2.28. The van der Waals surface area contributed by atoms with Crippen molar-refractivity contribution in [3.8, 4) is 17.0 Å². The number of nitrogens with zero attached hydrogens (tertiary/aromatic N) is 7. The highest BCUT2D eigenvalue weighted by Crippen LogP contribution is 2.39. The standard InChI is InChI=1S/C27H31F3N8O3/c1-16(2)37-21-13-17(7-8-19(21)32-25(37)27(28,29)30)18-9-10-31-26(33-18)34-20-14-23(38(39)40)22(15-24(20)41-6)36(5)12-11-35(3)4/h7-10,13-16H,11-12H2,1-6H3,(H,31,33,34). The summed E-state index contributed by atoms with van der Waals surface area (Å²) in [7, 11) is 7.06. The van der Waals surface area contributed by atoms with E-state index >= 15 is 0 Å². The molecule has 0 radical (unpaired) electrons. The normalized spacial score (nSPS) is 11.9. The molecule has 218 valence electrons. The molecule has 4 rings (SSSR count). The summed E-state index contributed by atoms with van der Waals surface area (Å²) in [6.07, 6.45) is -3.12. The second-order valence-corrected chi connectivity index (χ2v) is 10.0. The van der Waals surface area contributed by atoms with Gasteiger partial charge in [0.1, 0.15) is 11.4 Å². The molecule has 0 bridgehead atoms. The van der Waals surface area contributed by atoms with Crippen molar-refractivity contribution in [3.63, 3.8) is 0 Å². The number of nitro benzene ring substituents is 1. The average Bonchev–Trinajstić information content (AvgIpc) is 3.31. The van der Waals surface area contributed by atoms with E-state index in [0.29, 0.717) is 41.3 Å². The van der Waals surface area contributed by atoms with Gasteiger partial charge in [-0.1, -0.05) is 6.07 Å². The van der Waals surface area contributed by atoms with Crippen LogP contribution in [0.1, 0.15) is 25.7 Å². The quantitative estimate of drug-likeness (QED) is 0.187. The number of alkyl halides is 3. The highest BCUT2D eigenvalue weighted by molar-refractivity contribution is 5.83. The van der Waals surface area contributed by atoms with Crippen molar-refractivity contribution >= 4 is 34.0 Å². The summed E-state index contributed by atoms with van der Waals surface area (Å²) in [5.41, 5.74) is 2.07. The Balaban J connectivity index is 1.71. The topological polar surface area (TPSA) is 114 Å². The predicted molar refractivity (Wildman–Crippen MR) is 151 cm³/mol. The average molecular weight is 573 g/mol.